The first-order valence-corrected chi connectivity index (χ1v) is 10.0. The molecule has 1 amide bonds. The van der Waals surface area contributed by atoms with Crippen molar-refractivity contribution in [3.8, 4) is 0 Å². The first kappa shape index (κ1) is 19.9. The van der Waals surface area contributed by atoms with E-state index >= 15 is 0 Å². The van der Waals surface area contributed by atoms with E-state index in [2.05, 4.69) is 10.5 Å². The van der Waals surface area contributed by atoms with Crippen LogP contribution in [0.15, 0.2) is 47.6 Å². The number of amides is 1. The molecule has 0 aliphatic carbocycles. The van der Waals surface area contributed by atoms with Gasteiger partial charge >= 0.3 is 0 Å². The molecule has 0 spiro atoms. The van der Waals surface area contributed by atoms with Gasteiger partial charge in [0.15, 0.2) is 0 Å². The van der Waals surface area contributed by atoms with E-state index in [1.54, 1.807) is 12.1 Å². The molecule has 0 heterocycles. The Hall–Kier alpha value is -2.38. The number of carbonyl (C=O) groups excluding carboxylic acids is 1. The Morgan fingerprint density at radius 1 is 1.23 bits per heavy atom. The van der Waals surface area contributed by atoms with Crippen molar-refractivity contribution in [1.82, 2.24) is 5.43 Å². The molecule has 2 rings (SSSR count). The number of hydrazone groups is 1. The number of anilines is 1. The molecule has 138 valence electrons. The predicted octanol–water partition coefficient (Wildman–Crippen LogP) is 2.87. The minimum atomic E-state index is -3.66. The SMILES string of the molecule is Cc1cccc(/C=N\NC(=O)CN(c2ccc(C)c(Cl)c2)S(C)(=O)=O)c1. The van der Waals surface area contributed by atoms with Crippen LogP contribution in [0.4, 0.5) is 5.69 Å². The van der Waals surface area contributed by atoms with E-state index in [0.717, 1.165) is 27.3 Å². The number of nitrogens with one attached hydrogen (secondary N) is 1. The Bertz CT molecular complexity index is 942. The van der Waals surface area contributed by atoms with Crippen molar-refractivity contribution in [1.29, 1.82) is 0 Å². The Labute approximate surface area is 158 Å². The molecular weight excluding hydrogens is 374 g/mol. The molecule has 0 saturated carbocycles. The lowest BCUT2D eigenvalue weighted by Crippen LogP contribution is -2.39. The summed E-state index contributed by atoms with van der Waals surface area (Å²) >= 11 is 6.06. The fraction of sp³-hybridized carbons (Fsp3) is 0.222. The maximum absolute atomic E-state index is 12.1. The van der Waals surface area contributed by atoms with Gasteiger partial charge in [-0.25, -0.2) is 13.8 Å². The number of benzene rings is 2. The standard InChI is InChI=1S/C18H20ClN3O3S/c1-13-5-4-6-15(9-13)11-20-21-18(23)12-22(26(3,24)25)16-8-7-14(2)17(19)10-16/h4-11H,12H2,1-3H3,(H,21,23)/b20-11-. The van der Waals surface area contributed by atoms with Crippen molar-refractivity contribution in [2.45, 2.75) is 13.8 Å². The molecule has 0 unspecified atom stereocenters. The van der Waals surface area contributed by atoms with Crippen LogP contribution in [0.5, 0.6) is 0 Å². The van der Waals surface area contributed by atoms with Crippen molar-refractivity contribution < 1.29 is 13.2 Å². The van der Waals surface area contributed by atoms with E-state index in [1.165, 1.54) is 12.3 Å². The Kier molecular flexibility index (Phi) is 6.39. The van der Waals surface area contributed by atoms with Crippen molar-refractivity contribution in [3.63, 3.8) is 0 Å². The van der Waals surface area contributed by atoms with Crippen LogP contribution in [-0.4, -0.2) is 33.3 Å². The quantitative estimate of drug-likeness (QED) is 0.605. The average molecular weight is 394 g/mol. The first-order chi connectivity index (χ1) is 12.2. The third-order valence-corrected chi connectivity index (χ3v) is 5.12. The first-order valence-electron chi connectivity index (χ1n) is 7.79. The maximum Gasteiger partial charge on any atom is 0.260 e. The molecule has 6 nitrogen and oxygen atoms in total. The number of rotatable bonds is 6. The van der Waals surface area contributed by atoms with Gasteiger partial charge in [-0.05, 0) is 37.1 Å². The molecule has 0 aromatic heterocycles. The van der Waals surface area contributed by atoms with Gasteiger partial charge in [0.05, 0.1) is 18.2 Å². The van der Waals surface area contributed by atoms with Crippen LogP contribution in [0.3, 0.4) is 0 Å². The number of hydrogen-bond acceptors (Lipinski definition) is 4. The molecule has 0 bridgehead atoms. The third kappa shape index (κ3) is 5.57. The van der Waals surface area contributed by atoms with Gasteiger partial charge in [0, 0.05) is 5.02 Å². The summed E-state index contributed by atoms with van der Waals surface area (Å²) < 4.78 is 25.1. The van der Waals surface area contributed by atoms with Gasteiger partial charge in [0.25, 0.3) is 5.91 Å². The van der Waals surface area contributed by atoms with Gasteiger partial charge in [-0.3, -0.25) is 9.10 Å². The third-order valence-electron chi connectivity index (χ3n) is 3.58. The van der Waals surface area contributed by atoms with E-state index in [1.807, 2.05) is 38.1 Å². The van der Waals surface area contributed by atoms with Crippen LogP contribution in [0, 0.1) is 13.8 Å². The summed E-state index contributed by atoms with van der Waals surface area (Å²) in [4.78, 5) is 12.1. The van der Waals surface area contributed by atoms with Gasteiger partial charge in [0.1, 0.15) is 6.54 Å². The summed E-state index contributed by atoms with van der Waals surface area (Å²) in [6.45, 7) is 3.36. The second kappa shape index (κ2) is 8.33. The highest BCUT2D eigenvalue weighted by atomic mass is 35.5. The van der Waals surface area contributed by atoms with Crippen molar-refractivity contribution in [2.24, 2.45) is 5.10 Å². The molecule has 0 aliphatic heterocycles. The summed E-state index contributed by atoms with van der Waals surface area (Å²) in [5, 5.41) is 4.30. The number of halogens is 1. The molecule has 26 heavy (non-hydrogen) atoms. The lowest BCUT2D eigenvalue weighted by molar-refractivity contribution is -0.119. The molecule has 8 heteroatoms. The molecule has 2 aromatic carbocycles. The van der Waals surface area contributed by atoms with Crippen molar-refractivity contribution in [3.05, 3.63) is 64.2 Å². The molecule has 1 N–H and O–H groups in total. The fourth-order valence-corrected chi connectivity index (χ4v) is 3.25. The van der Waals surface area contributed by atoms with E-state index in [4.69, 9.17) is 11.6 Å². The summed E-state index contributed by atoms with van der Waals surface area (Å²) in [7, 11) is -3.66. The molecule has 0 radical (unpaired) electrons. The number of aryl methyl sites for hydroxylation is 2. The van der Waals surface area contributed by atoms with Crippen LogP contribution in [0.2, 0.25) is 5.02 Å². The van der Waals surface area contributed by atoms with Crippen molar-refractivity contribution >= 4 is 39.4 Å². The van der Waals surface area contributed by atoms with E-state index < -0.39 is 22.5 Å². The van der Waals surface area contributed by atoms with Gasteiger partial charge < -0.3 is 0 Å². The Balaban J connectivity index is 2.11. The minimum Gasteiger partial charge on any atom is -0.271 e. The second-order valence-electron chi connectivity index (χ2n) is 5.91. The Morgan fingerprint density at radius 3 is 2.58 bits per heavy atom. The molecular formula is C18H20ClN3O3S. The monoisotopic (exact) mass is 393 g/mol. The van der Waals surface area contributed by atoms with Gasteiger partial charge in [-0.15, -0.1) is 0 Å². The van der Waals surface area contributed by atoms with Crippen LogP contribution in [-0.2, 0) is 14.8 Å². The number of sulfonamides is 1. The highest BCUT2D eigenvalue weighted by Crippen LogP contribution is 2.24. The van der Waals surface area contributed by atoms with E-state index in [9.17, 15) is 13.2 Å². The zero-order chi connectivity index (χ0) is 19.3. The summed E-state index contributed by atoms with van der Waals surface area (Å²) in [5.41, 5.74) is 5.37. The molecule has 0 fully saturated rings. The van der Waals surface area contributed by atoms with Gasteiger partial charge in [0.2, 0.25) is 10.0 Å². The minimum absolute atomic E-state index is 0.320. The summed E-state index contributed by atoms with van der Waals surface area (Å²) in [6, 6.07) is 12.4. The number of hydrogen-bond donors (Lipinski definition) is 1. The molecule has 0 aliphatic rings. The van der Waals surface area contributed by atoms with Crippen LogP contribution < -0.4 is 9.73 Å². The smallest absolute Gasteiger partial charge is 0.260 e. The van der Waals surface area contributed by atoms with Crippen LogP contribution in [0.1, 0.15) is 16.7 Å². The Morgan fingerprint density at radius 2 is 1.96 bits per heavy atom. The van der Waals surface area contributed by atoms with E-state index in [0.29, 0.717) is 10.7 Å². The number of nitrogens with zero attached hydrogens (tertiary/aromatic N) is 2. The fourth-order valence-electron chi connectivity index (χ4n) is 2.23. The lowest BCUT2D eigenvalue weighted by Gasteiger charge is -2.21. The highest BCUT2D eigenvalue weighted by Gasteiger charge is 2.21. The summed E-state index contributed by atoms with van der Waals surface area (Å²) in [6.07, 6.45) is 2.53. The topological polar surface area (TPSA) is 78.8 Å². The maximum atomic E-state index is 12.1. The van der Waals surface area contributed by atoms with Crippen LogP contribution in [0.25, 0.3) is 0 Å². The van der Waals surface area contributed by atoms with Gasteiger partial charge in [-0.1, -0.05) is 47.5 Å². The molecule has 0 atom stereocenters. The highest BCUT2D eigenvalue weighted by molar-refractivity contribution is 7.92. The van der Waals surface area contributed by atoms with Crippen molar-refractivity contribution in [2.75, 3.05) is 17.1 Å². The van der Waals surface area contributed by atoms with E-state index in [-0.39, 0.29) is 0 Å². The lowest BCUT2D eigenvalue weighted by atomic mass is 10.2. The second-order valence-corrected chi connectivity index (χ2v) is 8.22. The zero-order valence-electron chi connectivity index (χ0n) is 14.7. The number of carbonyl (C=O) groups is 1. The van der Waals surface area contributed by atoms with Gasteiger partial charge in [-0.2, -0.15) is 5.10 Å². The summed E-state index contributed by atoms with van der Waals surface area (Å²) in [5.74, 6) is -0.559. The largest absolute Gasteiger partial charge is 0.271 e. The average Bonchev–Trinajstić information content (AvgIpc) is 2.54. The zero-order valence-corrected chi connectivity index (χ0v) is 16.3. The predicted molar refractivity (Wildman–Crippen MR) is 105 cm³/mol. The molecule has 0 saturated heterocycles. The van der Waals surface area contributed by atoms with Crippen LogP contribution >= 0.6 is 11.6 Å². The molecule has 2 aromatic rings. The normalized spacial score (nSPS) is 11.5.